The summed E-state index contributed by atoms with van der Waals surface area (Å²) in [5, 5.41) is 5.42. The van der Waals surface area contributed by atoms with Crippen LogP contribution >= 0.6 is 0 Å². The molecule has 1 aromatic rings. The van der Waals surface area contributed by atoms with Crippen molar-refractivity contribution in [1.29, 1.82) is 0 Å². The second kappa shape index (κ2) is 7.42. The lowest BCUT2D eigenvalue weighted by Gasteiger charge is -2.16. The first kappa shape index (κ1) is 17.2. The van der Waals surface area contributed by atoms with Gasteiger partial charge in [0.05, 0.1) is 0 Å². The summed E-state index contributed by atoms with van der Waals surface area (Å²) in [7, 11) is -2.27. The molecule has 1 fully saturated rings. The van der Waals surface area contributed by atoms with Gasteiger partial charge >= 0.3 is 0 Å². The van der Waals surface area contributed by atoms with Crippen LogP contribution < -0.4 is 20.1 Å². The number of anilines is 2. The molecule has 0 spiro atoms. The predicted molar refractivity (Wildman–Crippen MR) is 87.1 cm³/mol. The Morgan fingerprint density at radius 1 is 1.17 bits per heavy atom. The third kappa shape index (κ3) is 5.22. The van der Waals surface area contributed by atoms with Crippen molar-refractivity contribution in [3.05, 3.63) is 24.3 Å². The fraction of sp³-hybridized carbons (Fsp3) is 0.429. The van der Waals surface area contributed by atoms with Gasteiger partial charge in [0.1, 0.15) is 6.04 Å². The SMILES string of the molecule is CNS(=O)(=O)Nc1ccc(NC(=O)[C@H]2CCCCC(=O)N2)cc1. The number of amides is 2. The number of benzene rings is 1. The summed E-state index contributed by atoms with van der Waals surface area (Å²) in [4.78, 5) is 23.7. The van der Waals surface area contributed by atoms with E-state index < -0.39 is 16.3 Å². The van der Waals surface area contributed by atoms with Crippen molar-refractivity contribution < 1.29 is 18.0 Å². The molecule has 1 atom stereocenters. The van der Waals surface area contributed by atoms with Crippen molar-refractivity contribution in [1.82, 2.24) is 10.0 Å². The van der Waals surface area contributed by atoms with Crippen LogP contribution in [0.5, 0.6) is 0 Å². The summed E-state index contributed by atoms with van der Waals surface area (Å²) < 4.78 is 27.2. The maximum atomic E-state index is 12.2. The Labute approximate surface area is 135 Å². The Balaban J connectivity index is 1.97. The highest BCUT2D eigenvalue weighted by Gasteiger charge is 2.23. The molecule has 1 aliphatic rings. The summed E-state index contributed by atoms with van der Waals surface area (Å²) in [5.74, 6) is -0.386. The molecule has 0 aliphatic carbocycles. The van der Waals surface area contributed by atoms with Gasteiger partial charge in [0, 0.05) is 24.8 Å². The maximum Gasteiger partial charge on any atom is 0.298 e. The predicted octanol–water partition coefficient (Wildman–Crippen LogP) is 0.560. The molecule has 4 N–H and O–H groups in total. The molecule has 23 heavy (non-hydrogen) atoms. The largest absolute Gasteiger partial charge is 0.344 e. The Kier molecular flexibility index (Phi) is 5.56. The van der Waals surface area contributed by atoms with Crippen LogP contribution in [0.3, 0.4) is 0 Å². The Morgan fingerprint density at radius 3 is 2.48 bits per heavy atom. The molecule has 1 aromatic carbocycles. The van der Waals surface area contributed by atoms with Crippen molar-refractivity contribution in [2.24, 2.45) is 0 Å². The van der Waals surface area contributed by atoms with Crippen LogP contribution in [0.15, 0.2) is 24.3 Å². The van der Waals surface area contributed by atoms with E-state index in [1.165, 1.54) is 19.2 Å². The highest BCUT2D eigenvalue weighted by atomic mass is 32.2. The van der Waals surface area contributed by atoms with Gasteiger partial charge < -0.3 is 10.6 Å². The highest BCUT2D eigenvalue weighted by Crippen LogP contribution is 2.16. The topological polar surface area (TPSA) is 116 Å². The maximum absolute atomic E-state index is 12.2. The van der Waals surface area contributed by atoms with E-state index in [1.54, 1.807) is 12.1 Å². The molecule has 126 valence electrons. The zero-order valence-corrected chi connectivity index (χ0v) is 13.6. The van der Waals surface area contributed by atoms with E-state index in [0.29, 0.717) is 24.2 Å². The number of carbonyl (C=O) groups is 2. The molecule has 0 unspecified atom stereocenters. The molecule has 1 heterocycles. The van der Waals surface area contributed by atoms with Crippen LogP contribution in [0.25, 0.3) is 0 Å². The number of carbonyl (C=O) groups excluding carboxylic acids is 2. The minimum absolute atomic E-state index is 0.112. The number of hydrogen-bond donors (Lipinski definition) is 4. The van der Waals surface area contributed by atoms with E-state index in [-0.39, 0.29) is 11.8 Å². The van der Waals surface area contributed by atoms with Gasteiger partial charge in [-0.2, -0.15) is 8.42 Å². The summed E-state index contributed by atoms with van der Waals surface area (Å²) in [6.07, 6.45) is 2.67. The lowest BCUT2D eigenvalue weighted by Crippen LogP contribution is -2.42. The quantitative estimate of drug-likeness (QED) is 0.626. The van der Waals surface area contributed by atoms with E-state index >= 15 is 0 Å². The van der Waals surface area contributed by atoms with E-state index in [9.17, 15) is 18.0 Å². The molecular formula is C14H20N4O4S. The van der Waals surface area contributed by atoms with Crippen molar-refractivity contribution in [3.63, 3.8) is 0 Å². The first-order valence-corrected chi connectivity index (χ1v) is 8.79. The molecule has 0 aromatic heterocycles. The second-order valence-electron chi connectivity index (χ2n) is 5.24. The third-order valence-corrected chi connectivity index (χ3v) is 4.51. The van der Waals surface area contributed by atoms with Gasteiger partial charge in [-0.3, -0.25) is 14.3 Å². The summed E-state index contributed by atoms with van der Waals surface area (Å²) in [5.41, 5.74) is 0.904. The second-order valence-corrected chi connectivity index (χ2v) is 6.86. The lowest BCUT2D eigenvalue weighted by molar-refractivity contribution is -0.125. The average molecular weight is 340 g/mol. The molecule has 1 aliphatic heterocycles. The first-order valence-electron chi connectivity index (χ1n) is 7.31. The fourth-order valence-electron chi connectivity index (χ4n) is 2.23. The molecule has 2 amide bonds. The molecule has 8 nitrogen and oxygen atoms in total. The van der Waals surface area contributed by atoms with Gasteiger partial charge in [0.25, 0.3) is 10.2 Å². The van der Waals surface area contributed by atoms with E-state index in [4.69, 9.17) is 0 Å². The van der Waals surface area contributed by atoms with Crippen LogP contribution in [-0.2, 0) is 19.8 Å². The van der Waals surface area contributed by atoms with Crippen LogP contribution in [0.2, 0.25) is 0 Å². The summed E-state index contributed by atoms with van der Waals surface area (Å²) >= 11 is 0. The van der Waals surface area contributed by atoms with Gasteiger partial charge in [-0.1, -0.05) is 6.42 Å². The fourth-order valence-corrected chi connectivity index (χ4v) is 2.77. The smallest absolute Gasteiger partial charge is 0.298 e. The Morgan fingerprint density at radius 2 is 1.83 bits per heavy atom. The minimum atomic E-state index is -3.57. The standard InChI is InChI=1S/C14H20N4O4S/c1-15-23(21,22)18-11-8-6-10(7-9-11)16-14(20)12-4-2-3-5-13(19)17-12/h6-9,12,15,18H,2-5H2,1H3,(H,16,20)(H,17,19)/t12-/m1/s1. The molecule has 2 rings (SSSR count). The summed E-state index contributed by atoms with van der Waals surface area (Å²) in [6.45, 7) is 0. The van der Waals surface area contributed by atoms with E-state index in [0.717, 1.165) is 12.8 Å². The Hall–Kier alpha value is -2.13. The van der Waals surface area contributed by atoms with Crippen LogP contribution in [0.1, 0.15) is 25.7 Å². The van der Waals surface area contributed by atoms with Gasteiger partial charge in [0.2, 0.25) is 11.8 Å². The average Bonchev–Trinajstić information content (AvgIpc) is 2.73. The molecular weight excluding hydrogens is 320 g/mol. The van der Waals surface area contributed by atoms with E-state index in [1.807, 2.05) is 0 Å². The van der Waals surface area contributed by atoms with Crippen LogP contribution in [-0.4, -0.2) is 33.3 Å². The van der Waals surface area contributed by atoms with Crippen molar-refractivity contribution in [2.45, 2.75) is 31.7 Å². The Bertz CT molecular complexity index is 673. The third-order valence-electron chi connectivity index (χ3n) is 3.47. The molecule has 1 saturated heterocycles. The van der Waals surface area contributed by atoms with Crippen molar-refractivity contribution in [3.8, 4) is 0 Å². The van der Waals surface area contributed by atoms with Crippen LogP contribution in [0.4, 0.5) is 11.4 Å². The van der Waals surface area contributed by atoms with Gasteiger partial charge in [0.15, 0.2) is 0 Å². The van der Waals surface area contributed by atoms with Crippen molar-refractivity contribution >= 4 is 33.4 Å². The molecule has 9 heteroatoms. The molecule has 0 saturated carbocycles. The highest BCUT2D eigenvalue weighted by molar-refractivity contribution is 7.90. The number of nitrogens with one attached hydrogen (secondary N) is 4. The van der Waals surface area contributed by atoms with E-state index in [2.05, 4.69) is 20.1 Å². The first-order chi connectivity index (χ1) is 10.9. The van der Waals surface area contributed by atoms with Crippen LogP contribution in [0, 0.1) is 0 Å². The van der Waals surface area contributed by atoms with Gasteiger partial charge in [-0.25, -0.2) is 4.72 Å². The number of hydrogen-bond acceptors (Lipinski definition) is 4. The zero-order valence-electron chi connectivity index (χ0n) is 12.8. The minimum Gasteiger partial charge on any atom is -0.344 e. The van der Waals surface area contributed by atoms with Crippen molar-refractivity contribution in [2.75, 3.05) is 17.1 Å². The molecule has 0 radical (unpaired) electrons. The monoisotopic (exact) mass is 340 g/mol. The molecule has 0 bridgehead atoms. The van der Waals surface area contributed by atoms with Gasteiger partial charge in [-0.05, 0) is 37.1 Å². The zero-order chi connectivity index (χ0) is 16.9. The lowest BCUT2D eigenvalue weighted by atomic mass is 10.1. The normalized spacial score (nSPS) is 18.7. The summed E-state index contributed by atoms with van der Waals surface area (Å²) in [6, 6.07) is 5.72. The van der Waals surface area contributed by atoms with Gasteiger partial charge in [-0.15, -0.1) is 0 Å². The number of rotatable bonds is 5.